The Labute approximate surface area is 109 Å². The van der Waals surface area contributed by atoms with Crippen LogP contribution in [-0.2, 0) is 13.6 Å². The molecule has 0 aliphatic rings. The smallest absolute Gasteiger partial charge is 0.140 e. The number of pyridine rings is 1. The molecule has 0 saturated heterocycles. The summed E-state index contributed by atoms with van der Waals surface area (Å²) in [5, 5.41) is 0. The van der Waals surface area contributed by atoms with Crippen LogP contribution in [0.25, 0.3) is 22.4 Å². The molecule has 0 radical (unpaired) electrons. The normalized spacial score (nSPS) is 11.1. The lowest BCUT2D eigenvalue weighted by molar-refractivity contribution is 0.629. The van der Waals surface area contributed by atoms with Gasteiger partial charge in [0, 0.05) is 31.4 Å². The first-order valence-corrected chi connectivity index (χ1v) is 5.96. The molecule has 3 rings (SSSR count). The zero-order valence-corrected chi connectivity index (χ0v) is 10.5. The van der Waals surface area contributed by atoms with Crippen LogP contribution in [0.3, 0.4) is 0 Å². The van der Waals surface area contributed by atoms with Gasteiger partial charge in [-0.05, 0) is 24.3 Å². The van der Waals surface area contributed by atoms with Gasteiger partial charge in [0.1, 0.15) is 11.6 Å². The van der Waals surface area contributed by atoms with E-state index in [0.29, 0.717) is 12.1 Å². The summed E-state index contributed by atoms with van der Waals surface area (Å²) in [6.07, 6.45) is 1.71. The molecule has 0 unspecified atom stereocenters. The molecule has 3 aromatic rings. The quantitative estimate of drug-likeness (QED) is 0.765. The van der Waals surface area contributed by atoms with Crippen molar-refractivity contribution in [2.45, 2.75) is 6.54 Å². The van der Waals surface area contributed by atoms with Crippen LogP contribution in [0, 0.1) is 5.82 Å². The Balaban J connectivity index is 2.21. The highest BCUT2D eigenvalue weighted by Gasteiger charge is 2.10. The molecule has 0 fully saturated rings. The minimum Gasteiger partial charge on any atom is -0.327 e. The number of nitrogens with two attached hydrogens (primary N) is 1. The second-order valence-electron chi connectivity index (χ2n) is 4.37. The fourth-order valence-corrected chi connectivity index (χ4v) is 2.16. The maximum absolute atomic E-state index is 13.2. The molecule has 4 nitrogen and oxygen atoms in total. The van der Waals surface area contributed by atoms with Crippen molar-refractivity contribution in [2.24, 2.45) is 12.8 Å². The third kappa shape index (κ3) is 1.98. The monoisotopic (exact) mass is 256 g/mol. The molecule has 0 aliphatic carbocycles. The second kappa shape index (κ2) is 4.44. The molecule has 0 amide bonds. The van der Waals surface area contributed by atoms with Crippen LogP contribution in [0.5, 0.6) is 0 Å². The van der Waals surface area contributed by atoms with E-state index in [-0.39, 0.29) is 5.82 Å². The average Bonchev–Trinajstić information content (AvgIpc) is 2.75. The molecule has 0 bridgehead atoms. The Morgan fingerprint density at radius 3 is 2.89 bits per heavy atom. The number of hydrogen-bond donors (Lipinski definition) is 1. The van der Waals surface area contributed by atoms with Gasteiger partial charge in [0.15, 0.2) is 0 Å². The highest BCUT2D eigenvalue weighted by atomic mass is 19.1. The average molecular weight is 256 g/mol. The van der Waals surface area contributed by atoms with E-state index in [4.69, 9.17) is 5.73 Å². The molecule has 0 atom stereocenters. The summed E-state index contributed by atoms with van der Waals surface area (Å²) in [5.41, 5.74) is 8.85. The van der Waals surface area contributed by atoms with E-state index in [1.807, 2.05) is 23.7 Å². The molecule has 0 aliphatic heterocycles. The molecule has 0 spiro atoms. The summed E-state index contributed by atoms with van der Waals surface area (Å²) >= 11 is 0. The van der Waals surface area contributed by atoms with Gasteiger partial charge in [0.25, 0.3) is 0 Å². The number of benzene rings is 1. The Morgan fingerprint density at radius 2 is 2.11 bits per heavy atom. The van der Waals surface area contributed by atoms with E-state index in [2.05, 4.69) is 9.97 Å². The fraction of sp³-hybridized carbons (Fsp3) is 0.143. The van der Waals surface area contributed by atoms with Crippen LogP contribution < -0.4 is 5.73 Å². The van der Waals surface area contributed by atoms with E-state index < -0.39 is 0 Å². The summed E-state index contributed by atoms with van der Waals surface area (Å²) < 4.78 is 15.2. The number of halogens is 1. The minimum atomic E-state index is -0.283. The molecule has 19 heavy (non-hydrogen) atoms. The number of hydrogen-bond acceptors (Lipinski definition) is 3. The van der Waals surface area contributed by atoms with Crippen LogP contribution in [0.2, 0.25) is 0 Å². The lowest BCUT2D eigenvalue weighted by Gasteiger charge is -2.03. The van der Waals surface area contributed by atoms with Gasteiger partial charge in [-0.3, -0.25) is 4.98 Å². The Kier molecular flexibility index (Phi) is 2.76. The Bertz CT molecular complexity index is 748. The molecule has 2 N–H and O–H groups in total. The van der Waals surface area contributed by atoms with Crippen LogP contribution >= 0.6 is 0 Å². The number of imidazole rings is 1. The van der Waals surface area contributed by atoms with Gasteiger partial charge >= 0.3 is 0 Å². The van der Waals surface area contributed by atoms with Gasteiger partial charge in [0.05, 0.1) is 16.7 Å². The Morgan fingerprint density at radius 1 is 1.26 bits per heavy atom. The zero-order chi connectivity index (χ0) is 13.4. The third-order valence-electron chi connectivity index (χ3n) is 3.13. The topological polar surface area (TPSA) is 56.7 Å². The Hall–Kier alpha value is -2.27. The lowest BCUT2D eigenvalue weighted by Crippen LogP contribution is -2.00. The van der Waals surface area contributed by atoms with Crippen LogP contribution in [0.15, 0.2) is 36.5 Å². The predicted molar refractivity (Wildman–Crippen MR) is 71.8 cm³/mol. The molecular formula is C14H13FN4. The molecule has 5 heteroatoms. The van der Waals surface area contributed by atoms with Gasteiger partial charge in [-0.15, -0.1) is 0 Å². The molecule has 96 valence electrons. The van der Waals surface area contributed by atoms with E-state index in [1.54, 1.807) is 12.3 Å². The van der Waals surface area contributed by atoms with Crippen molar-refractivity contribution < 1.29 is 4.39 Å². The van der Waals surface area contributed by atoms with Gasteiger partial charge < -0.3 is 10.3 Å². The first kappa shape index (κ1) is 11.8. The first-order chi connectivity index (χ1) is 9.19. The fourth-order valence-electron chi connectivity index (χ4n) is 2.16. The van der Waals surface area contributed by atoms with Crippen molar-refractivity contribution in [1.29, 1.82) is 0 Å². The van der Waals surface area contributed by atoms with Crippen molar-refractivity contribution in [2.75, 3.05) is 0 Å². The molecule has 2 aromatic heterocycles. The van der Waals surface area contributed by atoms with Crippen LogP contribution in [-0.4, -0.2) is 14.5 Å². The third-order valence-corrected chi connectivity index (χ3v) is 3.13. The van der Waals surface area contributed by atoms with E-state index >= 15 is 0 Å². The number of aromatic nitrogens is 3. The molecular weight excluding hydrogens is 243 g/mol. The SMILES string of the molecule is Cn1c(-c2ccnc(CN)c2)nc2cc(F)ccc21. The number of aryl methyl sites for hydroxylation is 1. The lowest BCUT2D eigenvalue weighted by atomic mass is 10.2. The second-order valence-corrected chi connectivity index (χ2v) is 4.37. The standard InChI is InChI=1S/C14H13FN4/c1-19-13-3-2-10(15)7-12(13)18-14(19)9-4-5-17-11(6-9)8-16/h2-7H,8,16H2,1H3. The first-order valence-electron chi connectivity index (χ1n) is 5.96. The maximum Gasteiger partial charge on any atom is 0.140 e. The summed E-state index contributed by atoms with van der Waals surface area (Å²) in [7, 11) is 1.91. The summed E-state index contributed by atoms with van der Waals surface area (Å²) in [6.45, 7) is 0.381. The number of fused-ring (bicyclic) bond motifs is 1. The van der Waals surface area contributed by atoms with Crippen molar-refractivity contribution in [1.82, 2.24) is 14.5 Å². The highest BCUT2D eigenvalue weighted by molar-refractivity contribution is 5.80. The summed E-state index contributed by atoms with van der Waals surface area (Å²) in [5.74, 6) is 0.493. The van der Waals surface area contributed by atoms with Gasteiger partial charge in [0.2, 0.25) is 0 Å². The summed E-state index contributed by atoms with van der Waals surface area (Å²) in [4.78, 5) is 8.63. The predicted octanol–water partition coefficient (Wildman–Crippen LogP) is 2.23. The van der Waals surface area contributed by atoms with E-state index in [9.17, 15) is 4.39 Å². The molecule has 0 saturated carbocycles. The van der Waals surface area contributed by atoms with Crippen LogP contribution in [0.1, 0.15) is 5.69 Å². The number of nitrogens with zero attached hydrogens (tertiary/aromatic N) is 3. The molecule has 2 heterocycles. The van der Waals surface area contributed by atoms with Crippen molar-refractivity contribution in [3.8, 4) is 11.4 Å². The van der Waals surface area contributed by atoms with Crippen molar-refractivity contribution in [3.63, 3.8) is 0 Å². The minimum absolute atomic E-state index is 0.283. The van der Waals surface area contributed by atoms with Crippen LogP contribution in [0.4, 0.5) is 4.39 Å². The van der Waals surface area contributed by atoms with Gasteiger partial charge in [-0.25, -0.2) is 9.37 Å². The van der Waals surface area contributed by atoms with Gasteiger partial charge in [-0.1, -0.05) is 0 Å². The van der Waals surface area contributed by atoms with E-state index in [0.717, 1.165) is 22.6 Å². The highest BCUT2D eigenvalue weighted by Crippen LogP contribution is 2.24. The largest absolute Gasteiger partial charge is 0.327 e. The summed E-state index contributed by atoms with van der Waals surface area (Å²) in [6, 6.07) is 8.37. The van der Waals surface area contributed by atoms with E-state index in [1.165, 1.54) is 12.1 Å². The van der Waals surface area contributed by atoms with Crippen molar-refractivity contribution >= 4 is 11.0 Å². The zero-order valence-electron chi connectivity index (χ0n) is 10.5. The molecule has 1 aromatic carbocycles. The van der Waals surface area contributed by atoms with Crippen molar-refractivity contribution in [3.05, 3.63) is 48.0 Å². The number of rotatable bonds is 2. The maximum atomic E-state index is 13.2. The van der Waals surface area contributed by atoms with Gasteiger partial charge in [-0.2, -0.15) is 0 Å².